The number of amides is 1. The van der Waals surface area contributed by atoms with Gasteiger partial charge in [0, 0.05) is 5.92 Å². The first-order valence-corrected chi connectivity index (χ1v) is 11.7. The van der Waals surface area contributed by atoms with E-state index in [1.165, 1.54) is 0 Å². The van der Waals surface area contributed by atoms with Crippen LogP contribution in [0, 0.1) is 0 Å². The maximum Gasteiger partial charge on any atom is 0.407 e. The van der Waals surface area contributed by atoms with E-state index in [0.29, 0.717) is 19.4 Å². The third-order valence-corrected chi connectivity index (χ3v) is 5.91. The van der Waals surface area contributed by atoms with Gasteiger partial charge in [-0.1, -0.05) is 84.3 Å². The predicted octanol–water partition coefficient (Wildman–Crippen LogP) is 2.76. The highest BCUT2D eigenvalue weighted by Crippen LogP contribution is 2.44. The number of ether oxygens (including phenoxy) is 1. The lowest BCUT2D eigenvalue weighted by molar-refractivity contribution is -0.139. The Kier molecular flexibility index (Phi) is 9.89. The number of carbonyl (C=O) groups excluding carboxylic acids is 1. The van der Waals surface area contributed by atoms with Crippen LogP contribution in [-0.4, -0.2) is 48.9 Å². The highest BCUT2D eigenvalue weighted by molar-refractivity contribution is 6.45. The molecule has 7 nitrogen and oxygen atoms in total. The Morgan fingerprint density at radius 2 is 1.49 bits per heavy atom. The van der Waals surface area contributed by atoms with Crippen LogP contribution < -0.4 is 16.5 Å². The third-order valence-electron chi connectivity index (χ3n) is 5.91. The molecule has 0 bridgehead atoms. The Labute approximate surface area is 206 Å². The molecule has 35 heavy (non-hydrogen) atoms. The number of alkyl carbamates (subject to hydrolysis) is 1. The average molecular weight is 474 g/mol. The number of rotatable bonds is 9. The third kappa shape index (κ3) is 7.18. The molecule has 1 atom stereocenters. The zero-order valence-electron chi connectivity index (χ0n) is 19.6. The molecule has 3 aromatic rings. The molecule has 0 saturated carbocycles. The molecule has 1 aliphatic rings. The summed E-state index contributed by atoms with van der Waals surface area (Å²) in [6, 6.07) is 24.7. The maximum absolute atomic E-state index is 12.1. The normalized spacial score (nSPS) is 12.4. The van der Waals surface area contributed by atoms with Crippen LogP contribution in [0.3, 0.4) is 0 Å². The van der Waals surface area contributed by atoms with Gasteiger partial charge in [-0.25, -0.2) is 9.59 Å². The molecule has 3 aromatic carbocycles. The first kappa shape index (κ1) is 26.0. The number of carboxylic acids is 1. The van der Waals surface area contributed by atoms with Crippen LogP contribution in [0.4, 0.5) is 4.79 Å². The summed E-state index contributed by atoms with van der Waals surface area (Å²) >= 11 is 0. The van der Waals surface area contributed by atoms with Gasteiger partial charge in [-0.3, -0.25) is 0 Å². The zero-order chi connectivity index (χ0) is 25.0. The Bertz CT molecular complexity index is 1060. The first-order valence-electron chi connectivity index (χ1n) is 11.7. The number of benzene rings is 3. The van der Waals surface area contributed by atoms with Gasteiger partial charge >= 0.3 is 19.5 Å². The van der Waals surface area contributed by atoms with Crippen LogP contribution in [0.2, 0.25) is 0 Å². The Hall–Kier alpha value is -3.62. The van der Waals surface area contributed by atoms with Crippen molar-refractivity contribution in [2.75, 3.05) is 13.2 Å². The molecule has 182 valence electrons. The fourth-order valence-corrected chi connectivity index (χ4v) is 4.12. The molecule has 0 heterocycles. The second-order valence-corrected chi connectivity index (χ2v) is 8.29. The fraction of sp³-hybridized carbons (Fsp3) is 0.259. The van der Waals surface area contributed by atoms with Crippen LogP contribution in [0.5, 0.6) is 0 Å². The van der Waals surface area contributed by atoms with E-state index in [1.807, 2.05) is 66.7 Å². The van der Waals surface area contributed by atoms with Crippen LogP contribution in [0.25, 0.3) is 11.1 Å². The summed E-state index contributed by atoms with van der Waals surface area (Å²) in [5, 5.41) is 20.2. The molecule has 4 rings (SSSR count). The van der Waals surface area contributed by atoms with E-state index in [-0.39, 0.29) is 20.0 Å². The lowest BCUT2D eigenvalue weighted by Gasteiger charge is -2.17. The van der Waals surface area contributed by atoms with Crippen molar-refractivity contribution in [3.63, 3.8) is 0 Å². The smallest absolute Gasteiger partial charge is 0.407 e. The summed E-state index contributed by atoms with van der Waals surface area (Å²) in [7, 11) is 0.140. The largest absolute Gasteiger partial charge is 0.480 e. The van der Waals surface area contributed by atoms with E-state index in [9.17, 15) is 14.7 Å². The quantitative estimate of drug-likeness (QED) is 0.280. The van der Waals surface area contributed by atoms with Crippen molar-refractivity contribution in [3.8, 4) is 11.1 Å². The van der Waals surface area contributed by atoms with Crippen molar-refractivity contribution < 1.29 is 24.5 Å². The van der Waals surface area contributed by atoms with Crippen LogP contribution in [0.15, 0.2) is 78.9 Å². The molecule has 1 aliphatic carbocycles. The number of nitrogens with two attached hydrogens (primary N) is 1. The van der Waals surface area contributed by atoms with Crippen molar-refractivity contribution in [2.24, 2.45) is 5.73 Å². The van der Waals surface area contributed by atoms with E-state index >= 15 is 0 Å². The molecule has 0 aromatic heterocycles. The van der Waals surface area contributed by atoms with E-state index in [4.69, 9.17) is 15.5 Å². The first-order chi connectivity index (χ1) is 17.0. The summed E-state index contributed by atoms with van der Waals surface area (Å²) in [4.78, 5) is 23.5. The summed E-state index contributed by atoms with van der Waals surface area (Å²) in [5.41, 5.74) is 10.9. The van der Waals surface area contributed by atoms with Gasteiger partial charge in [0.2, 0.25) is 0 Å². The Balaban J connectivity index is 0.000000363. The van der Waals surface area contributed by atoms with Crippen molar-refractivity contribution in [3.05, 3.63) is 90.0 Å². The molecule has 0 radical (unpaired) electrons. The molecule has 0 aliphatic heterocycles. The van der Waals surface area contributed by atoms with E-state index in [2.05, 4.69) is 17.4 Å². The average Bonchev–Trinajstić information content (AvgIpc) is 3.21. The number of hydrogen-bond donors (Lipinski definition) is 4. The van der Waals surface area contributed by atoms with Crippen LogP contribution >= 0.6 is 0 Å². The molecule has 0 spiro atoms. The van der Waals surface area contributed by atoms with Crippen molar-refractivity contribution in [1.82, 2.24) is 5.32 Å². The van der Waals surface area contributed by atoms with Crippen molar-refractivity contribution >= 4 is 25.0 Å². The number of nitrogens with one attached hydrogen (secondary N) is 1. The predicted molar refractivity (Wildman–Crippen MR) is 138 cm³/mol. The number of hydrogen-bond acceptors (Lipinski definition) is 5. The highest BCUT2D eigenvalue weighted by atomic mass is 16.5. The minimum absolute atomic E-state index is 0.0522. The van der Waals surface area contributed by atoms with E-state index in [0.717, 1.165) is 34.1 Å². The van der Waals surface area contributed by atoms with Crippen LogP contribution in [0.1, 0.15) is 36.3 Å². The summed E-state index contributed by atoms with van der Waals surface area (Å²) in [6.07, 6.45) is 0.973. The maximum atomic E-state index is 12.1. The second-order valence-electron chi connectivity index (χ2n) is 8.29. The second kappa shape index (κ2) is 13.3. The molecule has 0 saturated heterocycles. The Morgan fingerprint density at radius 1 is 0.914 bits per heavy atom. The summed E-state index contributed by atoms with van der Waals surface area (Å²) in [5.74, 6) is -1.12. The monoisotopic (exact) mass is 474 g/mol. The summed E-state index contributed by atoms with van der Waals surface area (Å²) in [6.45, 7) is 0.659. The van der Waals surface area contributed by atoms with E-state index < -0.39 is 18.1 Å². The topological polar surface area (TPSA) is 122 Å². The molecular weight excluding hydrogens is 443 g/mol. The molecule has 0 unspecified atom stereocenters. The molecule has 0 fully saturated rings. The Morgan fingerprint density at radius 3 is 2.00 bits per heavy atom. The molecular formula is C27H31BN2O5. The van der Waals surface area contributed by atoms with Gasteiger partial charge in [0.05, 0.1) is 0 Å². The van der Waals surface area contributed by atoms with Gasteiger partial charge < -0.3 is 25.9 Å². The lowest BCUT2D eigenvalue weighted by atomic mass is 9.89. The standard InChI is InChI=1S/C21H24N2O4.C6H7BO/c22-12-6-5-11-19(20(24)25)23-21(26)27-13-18-16-9-3-1-7-14(16)15-8-2-4-10-17(15)18;8-7-6-4-2-1-3-5-6/h1-4,7-10,18-19H,5-6,11-13,22H2,(H,23,26)(H,24,25);1-5,7-8H/t19-;/m0./s1. The molecule has 8 heteroatoms. The van der Waals surface area contributed by atoms with Crippen LogP contribution in [-0.2, 0) is 9.53 Å². The number of aliphatic carboxylic acids is 1. The zero-order valence-corrected chi connectivity index (χ0v) is 19.6. The minimum Gasteiger partial charge on any atom is -0.480 e. The molecule has 5 N–H and O–H groups in total. The van der Waals surface area contributed by atoms with Gasteiger partial charge in [0.25, 0.3) is 0 Å². The number of carboxylic acid groups (broad SMARTS) is 1. The molecule has 1 amide bonds. The highest BCUT2D eigenvalue weighted by Gasteiger charge is 2.29. The van der Waals surface area contributed by atoms with E-state index in [1.54, 1.807) is 0 Å². The SMILES string of the molecule is NCCCC[C@H](NC(=O)OCC1c2ccccc2-c2ccccc21)C(=O)O.OBc1ccccc1. The minimum atomic E-state index is -1.07. The lowest BCUT2D eigenvalue weighted by Crippen LogP contribution is -2.41. The number of carbonyl (C=O) groups is 2. The fourth-order valence-electron chi connectivity index (χ4n) is 4.12. The van der Waals surface area contributed by atoms with Gasteiger partial charge in [-0.15, -0.1) is 0 Å². The van der Waals surface area contributed by atoms with Gasteiger partial charge in [0.15, 0.2) is 0 Å². The number of fused-ring (bicyclic) bond motifs is 3. The van der Waals surface area contributed by atoms with Gasteiger partial charge in [0.1, 0.15) is 12.6 Å². The van der Waals surface area contributed by atoms with Crippen molar-refractivity contribution in [2.45, 2.75) is 31.2 Å². The van der Waals surface area contributed by atoms with Gasteiger partial charge in [-0.2, -0.15) is 0 Å². The summed E-state index contributed by atoms with van der Waals surface area (Å²) < 4.78 is 5.39. The number of unbranched alkanes of at least 4 members (excludes halogenated alkanes) is 1. The van der Waals surface area contributed by atoms with Crippen molar-refractivity contribution in [1.29, 1.82) is 0 Å². The van der Waals surface area contributed by atoms with Gasteiger partial charge in [-0.05, 0) is 48.1 Å².